The molecule has 1 aliphatic heterocycles. The molecule has 1 atom stereocenters. The molecule has 25 heavy (non-hydrogen) atoms. The van der Waals surface area contributed by atoms with Crippen molar-refractivity contribution in [2.45, 2.75) is 33.6 Å². The maximum Gasteiger partial charge on any atom is 0.255 e. The number of amides is 1. The van der Waals surface area contributed by atoms with Crippen LogP contribution in [-0.2, 0) is 0 Å². The molecule has 1 aliphatic rings. The topological polar surface area (TPSA) is 58.4 Å². The monoisotopic (exact) mass is 337 g/mol. The van der Waals surface area contributed by atoms with Crippen molar-refractivity contribution in [3.05, 3.63) is 53.1 Å². The second-order valence-electron chi connectivity index (χ2n) is 7.24. The summed E-state index contributed by atoms with van der Waals surface area (Å²) in [6, 6.07) is 11.6. The van der Waals surface area contributed by atoms with Gasteiger partial charge in [-0.25, -0.2) is 0 Å². The van der Waals surface area contributed by atoms with Crippen LogP contribution in [0.15, 0.2) is 36.4 Å². The Morgan fingerprint density at radius 1 is 1.24 bits per heavy atom. The number of hydrogen-bond donors (Lipinski definition) is 2. The molecule has 0 bridgehead atoms. The summed E-state index contributed by atoms with van der Waals surface area (Å²) >= 11 is 0. The van der Waals surface area contributed by atoms with Crippen molar-refractivity contribution in [1.82, 2.24) is 0 Å². The van der Waals surface area contributed by atoms with Crippen molar-refractivity contribution >= 4 is 23.0 Å². The van der Waals surface area contributed by atoms with E-state index in [1.165, 1.54) is 18.5 Å². The van der Waals surface area contributed by atoms with Crippen molar-refractivity contribution in [1.29, 1.82) is 0 Å². The molecule has 0 saturated carbocycles. The molecule has 1 saturated heterocycles. The Bertz CT molecular complexity index is 785. The SMILES string of the molecule is Cc1cccc(C(=O)Nc2cc(N3CCC[C@H](C)C3)c(C)cc2N)c1. The molecule has 3 rings (SSSR count). The van der Waals surface area contributed by atoms with E-state index in [0.717, 1.165) is 24.2 Å². The second kappa shape index (κ2) is 7.18. The van der Waals surface area contributed by atoms with E-state index >= 15 is 0 Å². The summed E-state index contributed by atoms with van der Waals surface area (Å²) in [5.74, 6) is 0.563. The molecule has 1 fully saturated rings. The summed E-state index contributed by atoms with van der Waals surface area (Å²) in [6.07, 6.45) is 2.48. The Morgan fingerprint density at radius 2 is 2.04 bits per heavy atom. The fourth-order valence-electron chi connectivity index (χ4n) is 3.56. The van der Waals surface area contributed by atoms with Gasteiger partial charge in [0.05, 0.1) is 11.4 Å². The maximum atomic E-state index is 12.6. The van der Waals surface area contributed by atoms with Gasteiger partial charge in [-0.3, -0.25) is 4.79 Å². The summed E-state index contributed by atoms with van der Waals surface area (Å²) in [7, 11) is 0. The van der Waals surface area contributed by atoms with Crippen LogP contribution in [0.5, 0.6) is 0 Å². The van der Waals surface area contributed by atoms with Gasteiger partial charge in [-0.05, 0) is 62.4 Å². The number of nitrogens with two attached hydrogens (primary N) is 1. The normalized spacial score (nSPS) is 17.4. The Kier molecular flexibility index (Phi) is 4.98. The fraction of sp³-hybridized carbons (Fsp3) is 0.381. The molecule has 3 N–H and O–H groups in total. The highest BCUT2D eigenvalue weighted by Gasteiger charge is 2.19. The van der Waals surface area contributed by atoms with Crippen molar-refractivity contribution in [3.63, 3.8) is 0 Å². The van der Waals surface area contributed by atoms with Crippen molar-refractivity contribution in [2.24, 2.45) is 5.92 Å². The van der Waals surface area contributed by atoms with Crippen LogP contribution in [0.4, 0.5) is 17.1 Å². The third-order valence-electron chi connectivity index (χ3n) is 4.89. The van der Waals surface area contributed by atoms with E-state index in [1.807, 2.05) is 43.3 Å². The predicted molar refractivity (Wildman–Crippen MR) is 105 cm³/mol. The summed E-state index contributed by atoms with van der Waals surface area (Å²) in [4.78, 5) is 15.0. The smallest absolute Gasteiger partial charge is 0.255 e. The largest absolute Gasteiger partial charge is 0.397 e. The molecule has 0 aliphatic carbocycles. The number of rotatable bonds is 3. The maximum absolute atomic E-state index is 12.6. The summed E-state index contributed by atoms with van der Waals surface area (Å²) < 4.78 is 0. The lowest BCUT2D eigenvalue weighted by atomic mass is 9.98. The standard InChI is InChI=1S/C21H27N3O/c1-14-6-4-8-17(10-14)21(25)23-19-12-20(16(3)11-18(19)22)24-9-5-7-15(2)13-24/h4,6,8,10-12,15H,5,7,9,13,22H2,1-3H3,(H,23,25)/t15-/m0/s1. The van der Waals surface area contributed by atoms with Gasteiger partial charge in [0.2, 0.25) is 0 Å². The van der Waals surface area contributed by atoms with Gasteiger partial charge in [0, 0.05) is 24.3 Å². The van der Waals surface area contributed by atoms with Crippen LogP contribution in [0.3, 0.4) is 0 Å². The van der Waals surface area contributed by atoms with Crippen molar-refractivity contribution in [2.75, 3.05) is 29.0 Å². The Morgan fingerprint density at radius 3 is 2.76 bits per heavy atom. The van der Waals surface area contributed by atoms with Crippen LogP contribution in [-0.4, -0.2) is 19.0 Å². The average Bonchev–Trinajstić information content (AvgIpc) is 2.57. The predicted octanol–water partition coefficient (Wildman–Crippen LogP) is 4.37. The van der Waals surface area contributed by atoms with Gasteiger partial charge in [0.1, 0.15) is 0 Å². The molecule has 0 aromatic heterocycles. The molecular weight excluding hydrogens is 310 g/mol. The second-order valence-corrected chi connectivity index (χ2v) is 7.24. The molecule has 1 amide bonds. The van der Waals surface area contributed by atoms with Crippen LogP contribution < -0.4 is 16.0 Å². The van der Waals surface area contributed by atoms with Crippen LogP contribution >= 0.6 is 0 Å². The van der Waals surface area contributed by atoms with E-state index < -0.39 is 0 Å². The lowest BCUT2D eigenvalue weighted by Gasteiger charge is -2.34. The summed E-state index contributed by atoms with van der Waals surface area (Å²) in [6.45, 7) is 8.46. The zero-order valence-corrected chi connectivity index (χ0v) is 15.3. The molecule has 0 radical (unpaired) electrons. The van der Waals surface area contributed by atoms with E-state index in [1.54, 1.807) is 0 Å². The molecule has 0 unspecified atom stereocenters. The Labute approximate surface area is 150 Å². The first-order valence-corrected chi connectivity index (χ1v) is 8.97. The third-order valence-corrected chi connectivity index (χ3v) is 4.89. The van der Waals surface area contributed by atoms with Crippen molar-refractivity contribution < 1.29 is 4.79 Å². The highest BCUT2D eigenvalue weighted by molar-refractivity contribution is 6.06. The number of nitrogens with zero attached hydrogens (tertiary/aromatic N) is 1. The molecule has 1 heterocycles. The van der Waals surface area contributed by atoms with Gasteiger partial charge in [-0.1, -0.05) is 24.6 Å². The van der Waals surface area contributed by atoms with Crippen LogP contribution in [0.2, 0.25) is 0 Å². The first-order chi connectivity index (χ1) is 11.9. The van der Waals surface area contributed by atoms with E-state index in [9.17, 15) is 4.79 Å². The van der Waals surface area contributed by atoms with E-state index in [-0.39, 0.29) is 5.91 Å². The number of anilines is 3. The molecule has 4 nitrogen and oxygen atoms in total. The first-order valence-electron chi connectivity index (χ1n) is 8.97. The minimum atomic E-state index is -0.128. The first kappa shape index (κ1) is 17.3. The van der Waals surface area contributed by atoms with Gasteiger partial charge < -0.3 is 16.0 Å². The fourth-order valence-corrected chi connectivity index (χ4v) is 3.56. The van der Waals surface area contributed by atoms with Crippen LogP contribution in [0.1, 0.15) is 41.3 Å². The molecular formula is C21H27N3O. The minimum absolute atomic E-state index is 0.128. The van der Waals surface area contributed by atoms with Gasteiger partial charge in [-0.2, -0.15) is 0 Å². The molecule has 2 aromatic rings. The van der Waals surface area contributed by atoms with E-state index in [2.05, 4.69) is 24.1 Å². The third kappa shape index (κ3) is 3.95. The highest BCUT2D eigenvalue weighted by atomic mass is 16.1. The van der Waals surface area contributed by atoms with Crippen LogP contribution in [0, 0.1) is 19.8 Å². The number of hydrogen-bond acceptors (Lipinski definition) is 3. The van der Waals surface area contributed by atoms with Gasteiger partial charge in [0.15, 0.2) is 0 Å². The molecule has 2 aromatic carbocycles. The zero-order valence-electron chi connectivity index (χ0n) is 15.3. The Hall–Kier alpha value is -2.49. The Balaban J connectivity index is 1.86. The van der Waals surface area contributed by atoms with Gasteiger partial charge in [-0.15, -0.1) is 0 Å². The minimum Gasteiger partial charge on any atom is -0.397 e. The summed E-state index contributed by atoms with van der Waals surface area (Å²) in [5, 5.41) is 2.98. The number of carbonyl (C=O) groups excluding carboxylic acids is 1. The molecule has 0 spiro atoms. The van der Waals surface area contributed by atoms with Crippen LogP contribution in [0.25, 0.3) is 0 Å². The number of aryl methyl sites for hydroxylation is 2. The number of carbonyl (C=O) groups is 1. The quantitative estimate of drug-likeness (QED) is 0.818. The zero-order chi connectivity index (χ0) is 18.0. The van der Waals surface area contributed by atoms with Gasteiger partial charge >= 0.3 is 0 Å². The highest BCUT2D eigenvalue weighted by Crippen LogP contribution is 2.32. The van der Waals surface area contributed by atoms with E-state index in [4.69, 9.17) is 5.73 Å². The number of nitrogen functional groups attached to an aromatic ring is 1. The number of nitrogens with one attached hydrogen (secondary N) is 1. The number of piperidine rings is 1. The molecule has 132 valence electrons. The number of benzene rings is 2. The lowest BCUT2D eigenvalue weighted by Crippen LogP contribution is -2.34. The summed E-state index contributed by atoms with van der Waals surface area (Å²) in [5.41, 5.74) is 11.5. The molecule has 4 heteroatoms. The van der Waals surface area contributed by atoms with Gasteiger partial charge in [0.25, 0.3) is 5.91 Å². The average molecular weight is 337 g/mol. The lowest BCUT2D eigenvalue weighted by molar-refractivity contribution is 0.102. The van der Waals surface area contributed by atoms with E-state index in [0.29, 0.717) is 22.9 Å². The van der Waals surface area contributed by atoms with Crippen molar-refractivity contribution in [3.8, 4) is 0 Å².